The number of carbonyl (C=O) groups is 1. The molecule has 0 aromatic heterocycles. The predicted molar refractivity (Wildman–Crippen MR) is 69.8 cm³/mol. The number of nitrogen functional groups attached to an aromatic ring is 1. The van der Waals surface area contributed by atoms with Gasteiger partial charge in [0.05, 0.1) is 12.7 Å². The molecule has 4 heteroatoms. The number of amides is 1. The van der Waals surface area contributed by atoms with E-state index in [9.17, 15) is 4.79 Å². The summed E-state index contributed by atoms with van der Waals surface area (Å²) in [6, 6.07) is 7.41. The molecule has 0 heterocycles. The third-order valence-electron chi connectivity index (χ3n) is 3.42. The Morgan fingerprint density at radius 3 is 2.72 bits per heavy atom. The van der Waals surface area contributed by atoms with Crippen molar-refractivity contribution in [1.82, 2.24) is 5.43 Å². The normalized spacial score (nSPS) is 16.5. The zero-order valence-electron chi connectivity index (χ0n) is 10.5. The van der Waals surface area contributed by atoms with Gasteiger partial charge in [0.1, 0.15) is 0 Å². The summed E-state index contributed by atoms with van der Waals surface area (Å²) in [7, 11) is 0. The Bertz CT molecular complexity index is 401. The van der Waals surface area contributed by atoms with Gasteiger partial charge < -0.3 is 4.74 Å². The zero-order valence-corrected chi connectivity index (χ0v) is 10.5. The van der Waals surface area contributed by atoms with Crippen LogP contribution < -0.4 is 11.3 Å². The monoisotopic (exact) mass is 248 g/mol. The second-order valence-electron chi connectivity index (χ2n) is 4.70. The van der Waals surface area contributed by atoms with Crippen molar-refractivity contribution in [2.24, 2.45) is 5.84 Å². The number of hydrogen-bond donors (Lipinski definition) is 2. The molecule has 3 N–H and O–H groups in total. The van der Waals surface area contributed by atoms with Crippen molar-refractivity contribution in [1.29, 1.82) is 0 Å². The number of benzene rings is 1. The minimum Gasteiger partial charge on any atom is -0.374 e. The number of carbonyl (C=O) groups excluding carboxylic acids is 1. The highest BCUT2D eigenvalue weighted by Crippen LogP contribution is 2.22. The summed E-state index contributed by atoms with van der Waals surface area (Å²) in [6.45, 7) is 0.480. The third kappa shape index (κ3) is 3.31. The van der Waals surface area contributed by atoms with Crippen LogP contribution in [0.15, 0.2) is 24.3 Å². The molecule has 0 aliphatic heterocycles. The molecule has 98 valence electrons. The molecule has 1 amide bonds. The molecule has 2 rings (SSSR count). The quantitative estimate of drug-likeness (QED) is 0.487. The van der Waals surface area contributed by atoms with Crippen LogP contribution >= 0.6 is 0 Å². The van der Waals surface area contributed by atoms with Crippen LogP contribution in [0.3, 0.4) is 0 Å². The second-order valence-corrected chi connectivity index (χ2v) is 4.70. The molecular weight excluding hydrogens is 228 g/mol. The first kappa shape index (κ1) is 13.1. The van der Waals surface area contributed by atoms with E-state index in [-0.39, 0.29) is 5.91 Å². The fourth-order valence-corrected chi connectivity index (χ4v) is 2.38. The number of hydrogen-bond acceptors (Lipinski definition) is 3. The summed E-state index contributed by atoms with van der Waals surface area (Å²) in [5, 5.41) is 0. The van der Waals surface area contributed by atoms with Gasteiger partial charge in [-0.25, -0.2) is 5.84 Å². The molecule has 0 atom stereocenters. The van der Waals surface area contributed by atoms with Crippen LogP contribution in [0.25, 0.3) is 0 Å². The molecule has 0 radical (unpaired) electrons. The van der Waals surface area contributed by atoms with Gasteiger partial charge in [-0.15, -0.1) is 0 Å². The highest BCUT2D eigenvalue weighted by Gasteiger charge is 2.15. The Morgan fingerprint density at radius 2 is 2.00 bits per heavy atom. The molecule has 4 nitrogen and oxygen atoms in total. The van der Waals surface area contributed by atoms with Gasteiger partial charge in [0.2, 0.25) is 0 Å². The van der Waals surface area contributed by atoms with Crippen LogP contribution in [0.1, 0.15) is 48.0 Å². The molecule has 0 spiro atoms. The molecule has 1 aliphatic carbocycles. The molecule has 1 aromatic carbocycles. The Kier molecular flexibility index (Phi) is 4.73. The highest BCUT2D eigenvalue weighted by molar-refractivity contribution is 5.95. The van der Waals surface area contributed by atoms with Gasteiger partial charge in [0, 0.05) is 5.56 Å². The van der Waals surface area contributed by atoms with Gasteiger partial charge >= 0.3 is 0 Å². The van der Waals surface area contributed by atoms with E-state index >= 15 is 0 Å². The lowest BCUT2D eigenvalue weighted by Crippen LogP contribution is -2.31. The topological polar surface area (TPSA) is 64.3 Å². The minimum absolute atomic E-state index is 0.266. The van der Waals surface area contributed by atoms with E-state index in [1.54, 1.807) is 6.07 Å². The summed E-state index contributed by atoms with van der Waals surface area (Å²) in [5.41, 5.74) is 3.65. The number of nitrogens with one attached hydrogen (secondary N) is 1. The Hall–Kier alpha value is -1.39. The fourth-order valence-electron chi connectivity index (χ4n) is 2.38. The van der Waals surface area contributed by atoms with Crippen molar-refractivity contribution in [2.45, 2.75) is 44.8 Å². The molecule has 1 aliphatic rings. The van der Waals surface area contributed by atoms with Crippen molar-refractivity contribution in [3.63, 3.8) is 0 Å². The number of rotatable bonds is 4. The van der Waals surface area contributed by atoms with Crippen LogP contribution in [-0.4, -0.2) is 12.0 Å². The van der Waals surface area contributed by atoms with Crippen molar-refractivity contribution >= 4 is 5.91 Å². The van der Waals surface area contributed by atoms with Gasteiger partial charge in [-0.1, -0.05) is 37.5 Å². The molecule has 0 unspecified atom stereocenters. The predicted octanol–water partition coefficient (Wildman–Crippen LogP) is 2.14. The summed E-state index contributed by atoms with van der Waals surface area (Å²) in [4.78, 5) is 11.6. The lowest BCUT2D eigenvalue weighted by Gasteiger charge is -2.22. The van der Waals surface area contributed by atoms with E-state index < -0.39 is 0 Å². The second kappa shape index (κ2) is 6.52. The van der Waals surface area contributed by atoms with Gasteiger partial charge in [0.15, 0.2) is 0 Å². The third-order valence-corrected chi connectivity index (χ3v) is 3.42. The molecule has 1 fully saturated rings. The van der Waals surface area contributed by atoms with Crippen LogP contribution in [0.5, 0.6) is 0 Å². The maximum absolute atomic E-state index is 11.6. The Labute approximate surface area is 107 Å². The molecule has 18 heavy (non-hydrogen) atoms. The zero-order chi connectivity index (χ0) is 12.8. The summed E-state index contributed by atoms with van der Waals surface area (Å²) in [5.74, 6) is 4.91. The fraction of sp³-hybridized carbons (Fsp3) is 0.500. The van der Waals surface area contributed by atoms with Gasteiger partial charge in [-0.2, -0.15) is 0 Å². The van der Waals surface area contributed by atoms with Crippen molar-refractivity contribution in [3.8, 4) is 0 Å². The van der Waals surface area contributed by atoms with Crippen LogP contribution in [0, 0.1) is 0 Å². The van der Waals surface area contributed by atoms with Crippen LogP contribution in [-0.2, 0) is 11.3 Å². The minimum atomic E-state index is -0.266. The molecule has 1 aromatic rings. The van der Waals surface area contributed by atoms with Gasteiger partial charge in [-0.05, 0) is 24.5 Å². The lowest BCUT2D eigenvalue weighted by atomic mass is 9.98. The van der Waals surface area contributed by atoms with E-state index in [4.69, 9.17) is 10.6 Å². The van der Waals surface area contributed by atoms with E-state index in [1.165, 1.54) is 19.3 Å². The lowest BCUT2D eigenvalue weighted by molar-refractivity contribution is 0.0165. The Balaban J connectivity index is 1.97. The summed E-state index contributed by atoms with van der Waals surface area (Å²) < 4.78 is 5.88. The SMILES string of the molecule is NNC(=O)c1ccccc1COC1CCCCC1. The number of hydrazine groups is 1. The molecule has 0 bridgehead atoms. The summed E-state index contributed by atoms with van der Waals surface area (Å²) in [6.07, 6.45) is 6.40. The first-order valence-corrected chi connectivity index (χ1v) is 6.51. The average molecular weight is 248 g/mol. The van der Waals surface area contributed by atoms with Crippen LogP contribution in [0.4, 0.5) is 0 Å². The van der Waals surface area contributed by atoms with E-state index in [0.29, 0.717) is 18.3 Å². The van der Waals surface area contributed by atoms with Crippen molar-refractivity contribution in [3.05, 3.63) is 35.4 Å². The first-order valence-electron chi connectivity index (χ1n) is 6.51. The largest absolute Gasteiger partial charge is 0.374 e. The number of nitrogens with two attached hydrogens (primary N) is 1. The van der Waals surface area contributed by atoms with E-state index in [0.717, 1.165) is 18.4 Å². The van der Waals surface area contributed by atoms with Gasteiger partial charge in [-0.3, -0.25) is 10.2 Å². The van der Waals surface area contributed by atoms with Crippen LogP contribution in [0.2, 0.25) is 0 Å². The van der Waals surface area contributed by atoms with Gasteiger partial charge in [0.25, 0.3) is 5.91 Å². The van der Waals surface area contributed by atoms with Crippen molar-refractivity contribution in [2.75, 3.05) is 0 Å². The van der Waals surface area contributed by atoms with E-state index in [2.05, 4.69) is 5.43 Å². The summed E-state index contributed by atoms with van der Waals surface area (Å²) >= 11 is 0. The average Bonchev–Trinajstić information content (AvgIpc) is 2.45. The first-order chi connectivity index (χ1) is 8.81. The smallest absolute Gasteiger partial charge is 0.265 e. The highest BCUT2D eigenvalue weighted by atomic mass is 16.5. The van der Waals surface area contributed by atoms with Crippen molar-refractivity contribution < 1.29 is 9.53 Å². The molecule has 1 saturated carbocycles. The van der Waals surface area contributed by atoms with E-state index in [1.807, 2.05) is 18.2 Å². The molecular formula is C14H20N2O2. The maximum atomic E-state index is 11.6. The Morgan fingerprint density at radius 1 is 1.28 bits per heavy atom. The maximum Gasteiger partial charge on any atom is 0.265 e. The molecule has 0 saturated heterocycles. The number of ether oxygens (including phenoxy) is 1. The standard InChI is InChI=1S/C14H20N2O2/c15-16-14(17)13-9-5-4-6-11(13)10-18-12-7-2-1-3-8-12/h4-6,9,12H,1-3,7-8,10,15H2,(H,16,17).